The van der Waals surface area contributed by atoms with Gasteiger partial charge in [0.25, 0.3) is 0 Å². The third-order valence-electron chi connectivity index (χ3n) is 3.94. The maximum Gasteiger partial charge on any atom is 0.197 e. The number of nitriles is 1. The summed E-state index contributed by atoms with van der Waals surface area (Å²) in [7, 11) is 0. The Morgan fingerprint density at radius 2 is 1.88 bits per heavy atom. The van der Waals surface area contributed by atoms with Crippen molar-refractivity contribution in [1.82, 2.24) is 15.0 Å². The van der Waals surface area contributed by atoms with Gasteiger partial charge in [-0.3, -0.25) is 4.79 Å². The molecule has 0 amide bonds. The molecule has 2 aromatic heterocycles. The van der Waals surface area contributed by atoms with Crippen LogP contribution in [0, 0.1) is 32.1 Å². The zero-order chi connectivity index (χ0) is 18.7. The molecule has 26 heavy (non-hydrogen) atoms. The first-order valence-electron chi connectivity index (χ1n) is 8.24. The van der Waals surface area contributed by atoms with Gasteiger partial charge < -0.3 is 0 Å². The fourth-order valence-corrected chi connectivity index (χ4v) is 3.88. The van der Waals surface area contributed by atoms with Crippen LogP contribution in [-0.2, 0) is 6.42 Å². The summed E-state index contributed by atoms with van der Waals surface area (Å²) in [6.45, 7) is 5.39. The number of carbonyl (C=O) groups excluding carboxylic acids is 1. The number of hydrogen-bond donors (Lipinski definition) is 0. The molecular formula is C20H18N4OS. The maximum atomic E-state index is 13.0. The minimum atomic E-state index is -0.945. The molecule has 3 aromatic rings. The fourth-order valence-electron chi connectivity index (χ4n) is 2.81. The standard InChI is InChI=1S/C20H18N4OS/c1-12-9-17(24-14(3)22-12)16(11-21)19(25)20-13(2)23-18(26-20)10-15-7-5-4-6-8-15/h4-9,16H,10H2,1-3H3/t16-/m1/s1. The van der Waals surface area contributed by atoms with Crippen molar-refractivity contribution in [3.8, 4) is 6.07 Å². The van der Waals surface area contributed by atoms with E-state index in [-0.39, 0.29) is 5.78 Å². The van der Waals surface area contributed by atoms with Crippen LogP contribution in [0.4, 0.5) is 0 Å². The van der Waals surface area contributed by atoms with Crippen molar-refractivity contribution in [2.75, 3.05) is 0 Å². The van der Waals surface area contributed by atoms with Crippen LogP contribution in [0.3, 0.4) is 0 Å². The van der Waals surface area contributed by atoms with Crippen LogP contribution in [0.1, 0.15) is 49.1 Å². The molecule has 0 fully saturated rings. The lowest BCUT2D eigenvalue weighted by Crippen LogP contribution is -2.14. The molecule has 130 valence electrons. The predicted octanol–water partition coefficient (Wildman–Crippen LogP) is 3.94. The average Bonchev–Trinajstić information content (AvgIpc) is 2.96. The summed E-state index contributed by atoms with van der Waals surface area (Å²) in [5.41, 5.74) is 2.99. The molecule has 0 bridgehead atoms. The molecule has 0 unspecified atom stereocenters. The van der Waals surface area contributed by atoms with Crippen molar-refractivity contribution in [2.24, 2.45) is 0 Å². The van der Waals surface area contributed by atoms with Gasteiger partial charge in [0.1, 0.15) is 5.82 Å². The van der Waals surface area contributed by atoms with E-state index in [9.17, 15) is 10.1 Å². The van der Waals surface area contributed by atoms with Gasteiger partial charge in [-0.1, -0.05) is 30.3 Å². The average molecular weight is 362 g/mol. The molecule has 0 N–H and O–H groups in total. The first-order valence-corrected chi connectivity index (χ1v) is 9.06. The van der Waals surface area contributed by atoms with Crippen molar-refractivity contribution >= 4 is 17.1 Å². The lowest BCUT2D eigenvalue weighted by molar-refractivity contribution is 0.0980. The van der Waals surface area contributed by atoms with Crippen LogP contribution in [0.5, 0.6) is 0 Å². The SMILES string of the molecule is Cc1cc([C@@H](C#N)C(=O)c2sc(Cc3ccccc3)nc2C)nc(C)n1. The van der Waals surface area contributed by atoms with Gasteiger partial charge in [-0.25, -0.2) is 15.0 Å². The van der Waals surface area contributed by atoms with E-state index in [0.717, 1.165) is 16.3 Å². The second-order valence-electron chi connectivity index (χ2n) is 6.09. The monoisotopic (exact) mass is 362 g/mol. The maximum absolute atomic E-state index is 13.0. The molecule has 1 atom stereocenters. The van der Waals surface area contributed by atoms with E-state index in [1.165, 1.54) is 11.3 Å². The van der Waals surface area contributed by atoms with Gasteiger partial charge in [0, 0.05) is 12.1 Å². The van der Waals surface area contributed by atoms with Crippen LogP contribution in [0.25, 0.3) is 0 Å². The molecule has 0 aliphatic carbocycles. The molecule has 0 radical (unpaired) electrons. The molecule has 3 rings (SSSR count). The highest BCUT2D eigenvalue weighted by molar-refractivity contribution is 7.13. The molecule has 0 spiro atoms. The summed E-state index contributed by atoms with van der Waals surface area (Å²) in [5, 5.41) is 10.4. The number of Topliss-reactive ketones (excluding diaryl/α,β-unsaturated/α-hetero) is 1. The second-order valence-corrected chi connectivity index (χ2v) is 7.18. The molecule has 0 aliphatic rings. The number of carbonyl (C=O) groups is 1. The lowest BCUT2D eigenvalue weighted by atomic mass is 9.99. The Kier molecular flexibility index (Phi) is 5.19. The smallest absolute Gasteiger partial charge is 0.197 e. The van der Waals surface area contributed by atoms with Crippen molar-refractivity contribution in [3.63, 3.8) is 0 Å². The van der Waals surface area contributed by atoms with E-state index < -0.39 is 5.92 Å². The first-order chi connectivity index (χ1) is 12.5. The summed E-state index contributed by atoms with van der Waals surface area (Å²) in [6.07, 6.45) is 0.669. The number of aromatic nitrogens is 3. The van der Waals surface area contributed by atoms with E-state index in [4.69, 9.17) is 0 Å². The van der Waals surface area contributed by atoms with Gasteiger partial charge in [0.05, 0.1) is 27.3 Å². The van der Waals surface area contributed by atoms with Crippen LogP contribution in [-0.4, -0.2) is 20.7 Å². The number of hydrogen-bond acceptors (Lipinski definition) is 6. The summed E-state index contributed by atoms with van der Waals surface area (Å²) >= 11 is 1.35. The van der Waals surface area contributed by atoms with Gasteiger partial charge in [0.2, 0.25) is 0 Å². The Balaban J connectivity index is 1.90. The summed E-state index contributed by atoms with van der Waals surface area (Å²) in [6, 6.07) is 13.8. The van der Waals surface area contributed by atoms with Crippen LogP contribution in [0.2, 0.25) is 0 Å². The molecule has 1 aromatic carbocycles. The van der Waals surface area contributed by atoms with E-state index in [0.29, 0.717) is 28.5 Å². The highest BCUT2D eigenvalue weighted by atomic mass is 32.1. The highest BCUT2D eigenvalue weighted by Gasteiger charge is 2.27. The van der Waals surface area contributed by atoms with E-state index >= 15 is 0 Å². The third kappa shape index (κ3) is 3.84. The Bertz CT molecular complexity index is 969. The van der Waals surface area contributed by atoms with Crippen molar-refractivity contribution in [3.05, 3.63) is 74.8 Å². The number of ketones is 1. The molecular weight excluding hydrogens is 344 g/mol. The molecule has 2 heterocycles. The Morgan fingerprint density at radius 3 is 2.54 bits per heavy atom. The molecule has 5 nitrogen and oxygen atoms in total. The van der Waals surface area contributed by atoms with Crippen LogP contribution in [0.15, 0.2) is 36.4 Å². The normalized spacial score (nSPS) is 11.8. The number of rotatable bonds is 5. The molecule has 0 aliphatic heterocycles. The largest absolute Gasteiger partial charge is 0.291 e. The van der Waals surface area contributed by atoms with Crippen LogP contribution >= 0.6 is 11.3 Å². The quantitative estimate of drug-likeness (QED) is 0.642. The van der Waals surface area contributed by atoms with Crippen molar-refractivity contribution in [2.45, 2.75) is 33.1 Å². The molecule has 6 heteroatoms. The molecule has 0 saturated heterocycles. The Morgan fingerprint density at radius 1 is 1.15 bits per heavy atom. The minimum absolute atomic E-state index is 0.251. The van der Waals surface area contributed by atoms with E-state index in [2.05, 4.69) is 21.0 Å². The van der Waals surface area contributed by atoms with Gasteiger partial charge in [0.15, 0.2) is 11.7 Å². The summed E-state index contributed by atoms with van der Waals surface area (Å²) in [4.78, 5) is 26.5. The topological polar surface area (TPSA) is 79.5 Å². The number of thiazole rings is 1. The number of benzene rings is 1. The zero-order valence-corrected chi connectivity index (χ0v) is 15.7. The van der Waals surface area contributed by atoms with Gasteiger partial charge in [-0.15, -0.1) is 11.3 Å². The third-order valence-corrected chi connectivity index (χ3v) is 5.11. The van der Waals surface area contributed by atoms with Crippen LogP contribution < -0.4 is 0 Å². The lowest BCUT2D eigenvalue weighted by Gasteiger charge is -2.08. The Hall–Kier alpha value is -2.91. The van der Waals surface area contributed by atoms with Crippen molar-refractivity contribution < 1.29 is 4.79 Å². The first kappa shape index (κ1) is 17.9. The van der Waals surface area contributed by atoms with Gasteiger partial charge in [-0.05, 0) is 32.4 Å². The summed E-state index contributed by atoms with van der Waals surface area (Å²) < 4.78 is 0. The predicted molar refractivity (Wildman–Crippen MR) is 100 cm³/mol. The minimum Gasteiger partial charge on any atom is -0.291 e. The van der Waals surface area contributed by atoms with Gasteiger partial charge in [-0.2, -0.15) is 5.26 Å². The van der Waals surface area contributed by atoms with Gasteiger partial charge >= 0.3 is 0 Å². The van der Waals surface area contributed by atoms with Crippen molar-refractivity contribution in [1.29, 1.82) is 5.26 Å². The number of nitrogens with zero attached hydrogens (tertiary/aromatic N) is 4. The number of aryl methyl sites for hydroxylation is 3. The van der Waals surface area contributed by atoms with E-state index in [1.807, 2.05) is 44.2 Å². The molecule has 0 saturated carbocycles. The van der Waals surface area contributed by atoms with E-state index in [1.54, 1.807) is 13.0 Å². The zero-order valence-electron chi connectivity index (χ0n) is 14.9. The summed E-state index contributed by atoms with van der Waals surface area (Å²) in [5.74, 6) is -0.641. The second kappa shape index (κ2) is 7.54. The Labute approximate surface area is 156 Å². The fraction of sp³-hybridized carbons (Fsp3) is 0.250. The highest BCUT2D eigenvalue weighted by Crippen LogP contribution is 2.27.